The van der Waals surface area contributed by atoms with Gasteiger partial charge >= 0.3 is 0 Å². The van der Waals surface area contributed by atoms with Gasteiger partial charge in [-0.25, -0.2) is 8.78 Å². The van der Waals surface area contributed by atoms with E-state index in [4.69, 9.17) is 5.73 Å². The number of hydrogen-bond acceptors (Lipinski definition) is 2. The SMILES string of the molecule is CCn1cc(N)cc1C(=O)NCC(F)F. The van der Waals surface area contributed by atoms with Crippen molar-refractivity contribution in [2.45, 2.75) is 19.9 Å². The van der Waals surface area contributed by atoms with Crippen molar-refractivity contribution in [3.63, 3.8) is 0 Å². The van der Waals surface area contributed by atoms with Gasteiger partial charge in [0.25, 0.3) is 12.3 Å². The molecule has 0 fully saturated rings. The molecule has 0 aromatic carbocycles. The van der Waals surface area contributed by atoms with Gasteiger partial charge in [0.2, 0.25) is 0 Å². The third kappa shape index (κ3) is 2.93. The first kappa shape index (κ1) is 11.5. The smallest absolute Gasteiger partial charge is 0.268 e. The van der Waals surface area contributed by atoms with Crippen LogP contribution in [-0.2, 0) is 6.54 Å². The highest BCUT2D eigenvalue weighted by molar-refractivity contribution is 5.93. The molecule has 6 heteroatoms. The van der Waals surface area contributed by atoms with Crippen molar-refractivity contribution in [2.75, 3.05) is 12.3 Å². The minimum atomic E-state index is -2.55. The number of nitrogens with two attached hydrogens (primary N) is 1. The summed E-state index contributed by atoms with van der Waals surface area (Å²) in [7, 11) is 0. The lowest BCUT2D eigenvalue weighted by molar-refractivity contribution is 0.0883. The molecular formula is C9H13F2N3O. The second kappa shape index (κ2) is 4.77. The van der Waals surface area contributed by atoms with Crippen LogP contribution in [0.1, 0.15) is 17.4 Å². The minimum Gasteiger partial charge on any atom is -0.397 e. The van der Waals surface area contributed by atoms with Crippen LogP contribution in [0.2, 0.25) is 0 Å². The molecule has 84 valence electrons. The van der Waals surface area contributed by atoms with E-state index in [1.807, 2.05) is 6.92 Å². The number of nitrogens with zero attached hydrogens (tertiary/aromatic N) is 1. The first-order chi connectivity index (χ1) is 7.04. The molecular weight excluding hydrogens is 204 g/mol. The fraction of sp³-hybridized carbons (Fsp3) is 0.444. The highest BCUT2D eigenvalue weighted by Gasteiger charge is 2.13. The van der Waals surface area contributed by atoms with E-state index in [-0.39, 0.29) is 0 Å². The first-order valence-electron chi connectivity index (χ1n) is 4.56. The van der Waals surface area contributed by atoms with Gasteiger partial charge in [-0.15, -0.1) is 0 Å². The van der Waals surface area contributed by atoms with E-state index in [1.54, 1.807) is 10.8 Å². The summed E-state index contributed by atoms with van der Waals surface area (Å²) in [4.78, 5) is 11.4. The molecule has 15 heavy (non-hydrogen) atoms. The highest BCUT2D eigenvalue weighted by atomic mass is 19.3. The molecule has 1 heterocycles. The minimum absolute atomic E-state index is 0.302. The summed E-state index contributed by atoms with van der Waals surface area (Å²) in [5.74, 6) is -0.533. The Morgan fingerprint density at radius 2 is 2.33 bits per heavy atom. The fourth-order valence-electron chi connectivity index (χ4n) is 1.25. The van der Waals surface area contributed by atoms with Crippen LogP contribution in [-0.4, -0.2) is 23.4 Å². The van der Waals surface area contributed by atoms with Crippen molar-refractivity contribution in [1.29, 1.82) is 0 Å². The Labute approximate surface area is 86.1 Å². The van der Waals surface area contributed by atoms with Gasteiger partial charge in [0.1, 0.15) is 5.69 Å². The second-order valence-corrected chi connectivity index (χ2v) is 3.05. The number of rotatable bonds is 4. The molecule has 1 rings (SSSR count). The average molecular weight is 217 g/mol. The summed E-state index contributed by atoms with van der Waals surface area (Å²) in [5, 5.41) is 2.12. The number of alkyl halides is 2. The number of nitrogens with one attached hydrogen (secondary N) is 1. The van der Waals surface area contributed by atoms with Crippen LogP contribution < -0.4 is 11.1 Å². The Bertz CT molecular complexity index is 349. The van der Waals surface area contributed by atoms with Crippen molar-refractivity contribution in [3.05, 3.63) is 18.0 Å². The first-order valence-corrected chi connectivity index (χ1v) is 4.56. The number of anilines is 1. The van der Waals surface area contributed by atoms with Crippen LogP contribution in [0.4, 0.5) is 14.5 Å². The number of carbonyl (C=O) groups excluding carboxylic acids is 1. The van der Waals surface area contributed by atoms with E-state index in [0.29, 0.717) is 17.9 Å². The Morgan fingerprint density at radius 3 is 2.87 bits per heavy atom. The molecule has 1 amide bonds. The van der Waals surface area contributed by atoms with Gasteiger partial charge in [0.15, 0.2) is 0 Å². The topological polar surface area (TPSA) is 60.0 Å². The Kier molecular flexibility index (Phi) is 3.65. The quantitative estimate of drug-likeness (QED) is 0.793. The lowest BCUT2D eigenvalue weighted by Gasteiger charge is -2.06. The summed E-state index contributed by atoms with van der Waals surface area (Å²) in [6, 6.07) is 1.46. The molecule has 0 bridgehead atoms. The average Bonchev–Trinajstić information content (AvgIpc) is 2.56. The van der Waals surface area contributed by atoms with Gasteiger partial charge < -0.3 is 15.6 Å². The van der Waals surface area contributed by atoms with Gasteiger partial charge in [0, 0.05) is 12.7 Å². The van der Waals surface area contributed by atoms with E-state index in [0.717, 1.165) is 0 Å². The van der Waals surface area contributed by atoms with Crippen molar-refractivity contribution in [3.8, 4) is 0 Å². The zero-order valence-corrected chi connectivity index (χ0v) is 8.34. The molecule has 0 aliphatic rings. The van der Waals surface area contributed by atoms with Gasteiger partial charge in [-0.2, -0.15) is 0 Å². The Balaban J connectivity index is 2.72. The molecule has 1 aromatic rings. The van der Waals surface area contributed by atoms with Gasteiger partial charge in [0.05, 0.1) is 12.2 Å². The van der Waals surface area contributed by atoms with Crippen LogP contribution in [0, 0.1) is 0 Å². The van der Waals surface area contributed by atoms with Crippen molar-refractivity contribution in [2.24, 2.45) is 0 Å². The maximum atomic E-state index is 11.9. The van der Waals surface area contributed by atoms with E-state index in [1.165, 1.54) is 6.07 Å². The number of nitrogen functional groups attached to an aromatic ring is 1. The number of halogens is 2. The zero-order valence-electron chi connectivity index (χ0n) is 8.34. The number of aryl methyl sites for hydroxylation is 1. The molecule has 0 radical (unpaired) electrons. The van der Waals surface area contributed by atoms with Crippen LogP contribution >= 0.6 is 0 Å². The predicted molar refractivity (Wildman–Crippen MR) is 52.9 cm³/mol. The number of aromatic nitrogens is 1. The van der Waals surface area contributed by atoms with Crippen molar-refractivity contribution in [1.82, 2.24) is 9.88 Å². The van der Waals surface area contributed by atoms with E-state index >= 15 is 0 Å². The van der Waals surface area contributed by atoms with Crippen molar-refractivity contribution < 1.29 is 13.6 Å². The lowest BCUT2D eigenvalue weighted by atomic mass is 10.4. The van der Waals surface area contributed by atoms with Crippen molar-refractivity contribution >= 4 is 11.6 Å². The molecule has 0 spiro atoms. The molecule has 0 aliphatic carbocycles. The fourth-order valence-corrected chi connectivity index (χ4v) is 1.25. The predicted octanol–water partition coefficient (Wildman–Crippen LogP) is 1.09. The standard InChI is InChI=1S/C9H13F2N3O/c1-2-14-5-6(12)3-7(14)9(15)13-4-8(10)11/h3,5,8H,2,4,12H2,1H3,(H,13,15). The monoisotopic (exact) mass is 217 g/mol. The summed E-state index contributed by atoms with van der Waals surface area (Å²) in [6.07, 6.45) is -0.951. The van der Waals surface area contributed by atoms with E-state index < -0.39 is 18.9 Å². The molecule has 0 unspecified atom stereocenters. The Hall–Kier alpha value is -1.59. The zero-order chi connectivity index (χ0) is 11.4. The number of carbonyl (C=O) groups is 1. The normalized spacial score (nSPS) is 10.7. The Morgan fingerprint density at radius 1 is 1.67 bits per heavy atom. The number of amides is 1. The maximum absolute atomic E-state index is 11.9. The van der Waals surface area contributed by atoms with Gasteiger partial charge in [-0.1, -0.05) is 0 Å². The van der Waals surface area contributed by atoms with Gasteiger partial charge in [-0.3, -0.25) is 4.79 Å². The van der Waals surface area contributed by atoms with Crippen LogP contribution in [0.15, 0.2) is 12.3 Å². The summed E-state index contributed by atoms with van der Waals surface area (Å²) < 4.78 is 25.3. The van der Waals surface area contributed by atoms with E-state index in [9.17, 15) is 13.6 Å². The summed E-state index contributed by atoms with van der Waals surface area (Å²) in [6.45, 7) is 1.76. The van der Waals surface area contributed by atoms with Crippen LogP contribution in [0.3, 0.4) is 0 Å². The molecule has 0 atom stereocenters. The molecule has 0 saturated heterocycles. The second-order valence-electron chi connectivity index (χ2n) is 3.05. The van der Waals surface area contributed by atoms with Crippen LogP contribution in [0.5, 0.6) is 0 Å². The molecule has 3 N–H and O–H groups in total. The third-order valence-corrected chi connectivity index (χ3v) is 1.91. The lowest BCUT2D eigenvalue weighted by Crippen LogP contribution is -2.30. The van der Waals surface area contributed by atoms with E-state index in [2.05, 4.69) is 5.32 Å². The third-order valence-electron chi connectivity index (χ3n) is 1.91. The molecule has 4 nitrogen and oxygen atoms in total. The molecule has 1 aromatic heterocycles. The maximum Gasteiger partial charge on any atom is 0.268 e. The molecule has 0 aliphatic heterocycles. The highest BCUT2D eigenvalue weighted by Crippen LogP contribution is 2.10. The summed E-state index contributed by atoms with van der Waals surface area (Å²) in [5.41, 5.74) is 6.24. The molecule has 0 saturated carbocycles. The number of hydrogen-bond donors (Lipinski definition) is 2. The largest absolute Gasteiger partial charge is 0.397 e. The summed E-state index contributed by atoms with van der Waals surface area (Å²) >= 11 is 0. The van der Waals surface area contributed by atoms with Crippen LogP contribution in [0.25, 0.3) is 0 Å². The van der Waals surface area contributed by atoms with Gasteiger partial charge in [-0.05, 0) is 13.0 Å².